The van der Waals surface area contributed by atoms with Crippen LogP contribution in [0.1, 0.15) is 21.6 Å². The van der Waals surface area contributed by atoms with E-state index < -0.39 is 0 Å². The molecule has 1 unspecified atom stereocenters. The summed E-state index contributed by atoms with van der Waals surface area (Å²) in [5.41, 5.74) is 2.39. The van der Waals surface area contributed by atoms with Crippen molar-refractivity contribution in [3.05, 3.63) is 39.8 Å². The number of quaternary nitrogens is 1. The molecule has 5 nitrogen and oxygen atoms in total. The highest BCUT2D eigenvalue weighted by molar-refractivity contribution is 7.16. The molecule has 1 aliphatic rings. The van der Waals surface area contributed by atoms with Crippen molar-refractivity contribution < 1.29 is 14.7 Å². The van der Waals surface area contributed by atoms with Gasteiger partial charge in [-0.15, -0.1) is 11.3 Å². The van der Waals surface area contributed by atoms with Crippen molar-refractivity contribution in [3.63, 3.8) is 0 Å². The quantitative estimate of drug-likeness (QED) is 0.842. The molecule has 0 saturated heterocycles. The average molecular weight is 328 g/mol. The Morgan fingerprint density at radius 2 is 2.30 bits per heavy atom. The molecule has 0 aliphatic carbocycles. The maximum atomic E-state index is 10.1. The zero-order valence-electron chi connectivity index (χ0n) is 13.1. The summed E-state index contributed by atoms with van der Waals surface area (Å²) in [6.07, 6.45) is 2.51. The third kappa shape index (κ3) is 2.93. The summed E-state index contributed by atoms with van der Waals surface area (Å²) in [6.45, 7) is 1.98. The lowest BCUT2D eigenvalue weighted by Crippen LogP contribution is -3.08. The third-order valence-corrected chi connectivity index (χ3v) is 5.16. The Balaban J connectivity index is 1.96. The average Bonchev–Trinajstić information content (AvgIpc) is 2.90. The van der Waals surface area contributed by atoms with E-state index in [9.17, 15) is 10.4 Å². The molecule has 1 atom stereocenters. The molecule has 2 aromatic rings. The number of nitrogens with zero attached hydrogens (tertiary/aromatic N) is 2. The molecular formula is C17H18N3O2S+. The Labute approximate surface area is 139 Å². The summed E-state index contributed by atoms with van der Waals surface area (Å²) in [5.74, 6) is 0.466. The van der Waals surface area contributed by atoms with Crippen molar-refractivity contribution in [1.82, 2.24) is 0 Å². The summed E-state index contributed by atoms with van der Waals surface area (Å²) in [6, 6.07) is 7.54. The number of hydrogen-bond acceptors (Lipinski definition) is 5. The van der Waals surface area contributed by atoms with E-state index in [1.54, 1.807) is 35.8 Å². The Bertz CT molecular complexity index is 805. The maximum absolute atomic E-state index is 10.1. The van der Waals surface area contributed by atoms with Crippen LogP contribution in [0.3, 0.4) is 0 Å². The molecule has 6 heteroatoms. The Morgan fingerprint density at radius 3 is 3.04 bits per heavy atom. The van der Waals surface area contributed by atoms with E-state index in [1.165, 1.54) is 16.9 Å². The number of para-hydroxylation sites is 1. The van der Waals surface area contributed by atoms with Gasteiger partial charge in [0.1, 0.15) is 17.6 Å². The lowest BCUT2D eigenvalue weighted by Gasteiger charge is -2.18. The number of nitrogens with one attached hydrogen (secondary N) is 1. The van der Waals surface area contributed by atoms with E-state index in [2.05, 4.69) is 18.1 Å². The van der Waals surface area contributed by atoms with Crippen LogP contribution in [-0.2, 0) is 13.0 Å². The van der Waals surface area contributed by atoms with Crippen LogP contribution in [0, 0.1) is 11.3 Å². The maximum Gasteiger partial charge on any atom is 0.166 e. The number of phenols is 1. The second-order valence-electron chi connectivity index (χ2n) is 5.59. The predicted octanol–water partition coefficient (Wildman–Crippen LogP) is 1.66. The molecule has 118 valence electrons. The van der Waals surface area contributed by atoms with Crippen molar-refractivity contribution in [1.29, 1.82) is 5.26 Å². The highest BCUT2D eigenvalue weighted by atomic mass is 32.1. The van der Waals surface area contributed by atoms with Crippen molar-refractivity contribution in [3.8, 4) is 17.6 Å². The van der Waals surface area contributed by atoms with Gasteiger partial charge in [-0.25, -0.2) is 4.99 Å². The molecule has 0 bridgehead atoms. The van der Waals surface area contributed by atoms with Crippen molar-refractivity contribution >= 4 is 22.6 Å². The molecule has 1 aromatic heterocycles. The molecule has 0 amide bonds. The van der Waals surface area contributed by atoms with Crippen molar-refractivity contribution in [2.24, 2.45) is 4.99 Å². The largest absolute Gasteiger partial charge is 0.504 e. The van der Waals surface area contributed by atoms with Gasteiger partial charge in [-0.2, -0.15) is 5.26 Å². The molecule has 0 spiro atoms. The predicted molar refractivity (Wildman–Crippen MR) is 90.1 cm³/mol. The van der Waals surface area contributed by atoms with Gasteiger partial charge in [0.2, 0.25) is 0 Å². The van der Waals surface area contributed by atoms with Gasteiger partial charge in [0.25, 0.3) is 0 Å². The number of phenolic OH excluding ortho intramolecular Hbond substituents is 1. The van der Waals surface area contributed by atoms with Crippen LogP contribution in [0.2, 0.25) is 0 Å². The zero-order valence-corrected chi connectivity index (χ0v) is 13.9. The molecule has 0 saturated carbocycles. The lowest BCUT2D eigenvalue weighted by atomic mass is 10.0. The minimum Gasteiger partial charge on any atom is -0.504 e. The SMILES string of the molecule is COc1cccc(/C=N/c2sc3c(c2C#N)CC[NH+](C)C3)c1O. The smallest absolute Gasteiger partial charge is 0.166 e. The molecule has 0 radical (unpaired) electrons. The highest BCUT2D eigenvalue weighted by Gasteiger charge is 2.24. The van der Waals surface area contributed by atoms with Crippen molar-refractivity contribution in [2.75, 3.05) is 20.7 Å². The summed E-state index contributed by atoms with van der Waals surface area (Å²) in [7, 11) is 3.67. The molecule has 23 heavy (non-hydrogen) atoms. The van der Waals surface area contributed by atoms with Gasteiger partial charge >= 0.3 is 0 Å². The number of fused-ring (bicyclic) bond motifs is 1. The van der Waals surface area contributed by atoms with Gasteiger partial charge in [-0.05, 0) is 17.7 Å². The molecule has 0 fully saturated rings. The molecule has 1 aromatic carbocycles. The van der Waals surface area contributed by atoms with Crippen LogP contribution in [0.25, 0.3) is 0 Å². The summed E-state index contributed by atoms with van der Waals surface area (Å²) < 4.78 is 5.10. The highest BCUT2D eigenvalue weighted by Crippen LogP contribution is 2.36. The standard InChI is InChI=1S/C17H17N3O2S/c1-20-7-6-12-13(8-18)17(23-15(12)10-20)19-9-11-4-3-5-14(22-2)16(11)21/h3-5,9,21H,6-7,10H2,1-2H3/p+1/b19-9+. The Kier molecular flexibility index (Phi) is 4.33. The Hall–Kier alpha value is -2.36. The van der Waals surface area contributed by atoms with E-state index in [0.717, 1.165) is 30.1 Å². The number of ether oxygens (including phenoxy) is 1. The number of nitriles is 1. The van der Waals surface area contributed by atoms with Gasteiger partial charge < -0.3 is 14.7 Å². The van der Waals surface area contributed by atoms with E-state index in [-0.39, 0.29) is 5.75 Å². The van der Waals surface area contributed by atoms with Crippen LogP contribution in [0.4, 0.5) is 5.00 Å². The zero-order chi connectivity index (χ0) is 16.4. The van der Waals surface area contributed by atoms with Crippen molar-refractivity contribution in [2.45, 2.75) is 13.0 Å². The first kappa shape index (κ1) is 15.5. The first-order chi connectivity index (χ1) is 11.1. The number of thiophene rings is 1. The number of methoxy groups -OCH3 is 1. The van der Waals surface area contributed by atoms with E-state index in [0.29, 0.717) is 16.9 Å². The van der Waals surface area contributed by atoms with E-state index >= 15 is 0 Å². The van der Waals surface area contributed by atoms with E-state index in [4.69, 9.17) is 4.74 Å². The van der Waals surface area contributed by atoms with Gasteiger partial charge in [-0.3, -0.25) is 0 Å². The number of hydrogen-bond donors (Lipinski definition) is 2. The molecule has 3 rings (SSSR count). The normalized spacial score (nSPS) is 17.0. The van der Waals surface area contributed by atoms with Gasteiger partial charge in [-0.1, -0.05) is 6.07 Å². The second kappa shape index (κ2) is 6.41. The minimum absolute atomic E-state index is 0.0581. The number of likely N-dealkylation sites (N-methyl/N-ethyl adjacent to an activating group) is 1. The summed E-state index contributed by atoms with van der Waals surface area (Å²) in [5, 5.41) is 20.3. The minimum atomic E-state index is 0.0581. The lowest BCUT2D eigenvalue weighted by molar-refractivity contribution is -0.895. The number of aliphatic imine (C=N–C) groups is 1. The van der Waals surface area contributed by atoms with Crippen LogP contribution in [0.15, 0.2) is 23.2 Å². The van der Waals surface area contributed by atoms with Gasteiger partial charge in [0, 0.05) is 18.2 Å². The van der Waals surface area contributed by atoms with Gasteiger partial charge in [0.15, 0.2) is 11.5 Å². The first-order valence-corrected chi connectivity index (χ1v) is 8.21. The second-order valence-corrected chi connectivity index (χ2v) is 6.67. The third-order valence-electron chi connectivity index (χ3n) is 4.02. The van der Waals surface area contributed by atoms with E-state index in [1.807, 2.05) is 0 Å². The number of aromatic hydroxyl groups is 1. The fraction of sp³-hybridized carbons (Fsp3) is 0.294. The topological polar surface area (TPSA) is 70.0 Å². The molecule has 1 aliphatic heterocycles. The number of benzene rings is 1. The summed E-state index contributed by atoms with van der Waals surface area (Å²) in [4.78, 5) is 7.15. The fourth-order valence-electron chi connectivity index (χ4n) is 2.75. The van der Waals surface area contributed by atoms with Gasteiger partial charge in [0.05, 0.1) is 31.1 Å². The number of rotatable bonds is 3. The molecule has 2 N–H and O–H groups in total. The van der Waals surface area contributed by atoms with Crippen LogP contribution < -0.4 is 9.64 Å². The van der Waals surface area contributed by atoms with Crippen LogP contribution in [0.5, 0.6) is 11.5 Å². The summed E-state index contributed by atoms with van der Waals surface area (Å²) >= 11 is 1.57. The fourth-order valence-corrected chi connectivity index (χ4v) is 4.00. The monoisotopic (exact) mass is 328 g/mol. The van der Waals surface area contributed by atoms with Crippen LogP contribution >= 0.6 is 11.3 Å². The van der Waals surface area contributed by atoms with Crippen LogP contribution in [-0.4, -0.2) is 32.0 Å². The molecule has 2 heterocycles. The Morgan fingerprint density at radius 1 is 1.48 bits per heavy atom. The first-order valence-electron chi connectivity index (χ1n) is 7.40. The molecular weight excluding hydrogens is 310 g/mol.